The standard InChI is InChI=1S/C21H29N2O4P/c1-14(2)26-28(25,27-15(3)4)20(13-23-19-8-7-9-22-12-19)18-10-16(5)21(24)17(6)11-18/h7-15,23-24H,1-6H3/b20-13+. The second-order valence-corrected chi connectivity index (χ2v) is 9.08. The number of aryl methyl sites for hydroxylation is 2. The van der Waals surface area contributed by atoms with E-state index in [9.17, 15) is 9.67 Å². The molecule has 0 unspecified atom stereocenters. The number of phenols is 1. The van der Waals surface area contributed by atoms with E-state index in [1.807, 2.05) is 33.8 Å². The van der Waals surface area contributed by atoms with Crippen molar-refractivity contribution < 1.29 is 18.7 Å². The van der Waals surface area contributed by atoms with Crippen LogP contribution < -0.4 is 5.32 Å². The first-order chi connectivity index (χ1) is 13.1. The van der Waals surface area contributed by atoms with Crippen molar-refractivity contribution in [3.63, 3.8) is 0 Å². The van der Waals surface area contributed by atoms with Crippen molar-refractivity contribution in [2.75, 3.05) is 5.32 Å². The molecule has 2 N–H and O–H groups in total. The van der Waals surface area contributed by atoms with E-state index in [0.717, 1.165) is 5.69 Å². The predicted molar refractivity (Wildman–Crippen MR) is 113 cm³/mol. The van der Waals surface area contributed by atoms with Gasteiger partial charge >= 0.3 is 7.60 Å². The van der Waals surface area contributed by atoms with Gasteiger partial charge in [-0.1, -0.05) is 0 Å². The summed E-state index contributed by atoms with van der Waals surface area (Å²) in [5, 5.41) is 13.7. The fourth-order valence-electron chi connectivity index (χ4n) is 2.72. The number of phenolic OH excluding ortho intramolecular Hbond substituents is 1. The van der Waals surface area contributed by atoms with E-state index < -0.39 is 7.60 Å². The van der Waals surface area contributed by atoms with Crippen LogP contribution in [0.2, 0.25) is 0 Å². The summed E-state index contributed by atoms with van der Waals surface area (Å²) < 4.78 is 25.5. The number of hydrogen-bond donors (Lipinski definition) is 2. The number of benzene rings is 1. The van der Waals surface area contributed by atoms with Crippen LogP contribution in [0.1, 0.15) is 44.4 Å². The van der Waals surface area contributed by atoms with Gasteiger partial charge in [-0.15, -0.1) is 0 Å². The van der Waals surface area contributed by atoms with Crippen molar-refractivity contribution in [2.24, 2.45) is 0 Å². The van der Waals surface area contributed by atoms with Crippen LogP contribution in [0.4, 0.5) is 5.69 Å². The van der Waals surface area contributed by atoms with E-state index in [1.54, 1.807) is 50.6 Å². The van der Waals surface area contributed by atoms with Crippen molar-refractivity contribution in [3.05, 3.63) is 59.5 Å². The Bertz CT molecular complexity index is 842. The van der Waals surface area contributed by atoms with Crippen LogP contribution in [0, 0.1) is 13.8 Å². The zero-order chi connectivity index (χ0) is 20.9. The number of aromatic nitrogens is 1. The lowest BCUT2D eigenvalue weighted by molar-refractivity contribution is 0.151. The molecule has 0 spiro atoms. The van der Waals surface area contributed by atoms with E-state index in [1.165, 1.54) is 0 Å². The van der Waals surface area contributed by atoms with Crippen molar-refractivity contribution in [2.45, 2.75) is 53.8 Å². The van der Waals surface area contributed by atoms with Gasteiger partial charge in [0.15, 0.2) is 0 Å². The monoisotopic (exact) mass is 404 g/mol. The molecule has 1 aromatic carbocycles. The van der Waals surface area contributed by atoms with Gasteiger partial charge in [0.25, 0.3) is 0 Å². The van der Waals surface area contributed by atoms with E-state index in [4.69, 9.17) is 9.05 Å². The minimum atomic E-state index is -3.66. The smallest absolute Gasteiger partial charge is 0.363 e. The van der Waals surface area contributed by atoms with E-state index >= 15 is 0 Å². The van der Waals surface area contributed by atoms with Gasteiger partial charge in [0.05, 0.1) is 29.4 Å². The van der Waals surface area contributed by atoms with Crippen LogP contribution in [0.15, 0.2) is 42.9 Å². The van der Waals surface area contributed by atoms with Gasteiger partial charge in [0, 0.05) is 12.4 Å². The van der Waals surface area contributed by atoms with E-state index in [-0.39, 0.29) is 18.0 Å². The molecule has 1 heterocycles. The summed E-state index contributed by atoms with van der Waals surface area (Å²) in [6.07, 6.45) is 4.38. The predicted octanol–water partition coefficient (Wildman–Crippen LogP) is 5.86. The van der Waals surface area contributed by atoms with Gasteiger partial charge < -0.3 is 19.5 Å². The van der Waals surface area contributed by atoms with Gasteiger partial charge in [-0.2, -0.15) is 0 Å². The number of aromatic hydroxyl groups is 1. The summed E-state index contributed by atoms with van der Waals surface area (Å²) in [7, 11) is -3.66. The minimum absolute atomic E-state index is 0.215. The number of rotatable bonds is 8. The second kappa shape index (κ2) is 9.37. The Morgan fingerprint density at radius 3 is 2.18 bits per heavy atom. The molecule has 28 heavy (non-hydrogen) atoms. The highest BCUT2D eigenvalue weighted by Crippen LogP contribution is 2.62. The SMILES string of the molecule is Cc1cc(/C(=C\Nc2cccnc2)P(=O)(OC(C)C)OC(C)C)cc(C)c1O. The van der Waals surface area contributed by atoms with Crippen LogP contribution in [0.25, 0.3) is 5.31 Å². The van der Waals surface area contributed by atoms with Gasteiger partial charge in [-0.05, 0) is 82.5 Å². The minimum Gasteiger partial charge on any atom is -0.507 e. The molecule has 1 aromatic heterocycles. The topological polar surface area (TPSA) is 80.7 Å². The fourth-order valence-corrected chi connectivity index (χ4v) is 4.77. The first-order valence-electron chi connectivity index (χ1n) is 9.27. The Morgan fingerprint density at radius 1 is 1.14 bits per heavy atom. The highest BCUT2D eigenvalue weighted by atomic mass is 31.2. The summed E-state index contributed by atoms with van der Waals surface area (Å²) in [4.78, 5) is 4.08. The molecule has 0 aliphatic heterocycles. The molecular weight excluding hydrogens is 375 g/mol. The maximum atomic E-state index is 13.8. The lowest BCUT2D eigenvalue weighted by atomic mass is 10.1. The first-order valence-corrected chi connectivity index (χ1v) is 10.8. The molecule has 0 fully saturated rings. The summed E-state index contributed by atoms with van der Waals surface area (Å²) in [5.41, 5.74) is 2.77. The zero-order valence-corrected chi connectivity index (χ0v) is 18.2. The van der Waals surface area contributed by atoms with Crippen LogP contribution in [0.3, 0.4) is 0 Å². The molecule has 0 aliphatic carbocycles. The Kier molecular flexibility index (Phi) is 7.41. The maximum Gasteiger partial charge on any atom is 0.363 e. The van der Waals surface area contributed by atoms with Crippen molar-refractivity contribution in [3.8, 4) is 5.75 Å². The number of nitrogens with one attached hydrogen (secondary N) is 1. The van der Waals surface area contributed by atoms with Crippen LogP contribution in [-0.2, 0) is 13.6 Å². The van der Waals surface area contributed by atoms with Gasteiger partial charge in [-0.25, -0.2) is 0 Å². The third kappa shape index (κ3) is 5.68. The second-order valence-electron chi connectivity index (χ2n) is 7.18. The first kappa shape index (κ1) is 22.2. The van der Waals surface area contributed by atoms with Gasteiger partial charge in [0.1, 0.15) is 5.75 Å². The van der Waals surface area contributed by atoms with Crippen molar-refractivity contribution >= 4 is 18.6 Å². The molecule has 7 heteroatoms. The quantitative estimate of drug-likeness (QED) is 0.537. The molecule has 0 aliphatic rings. The lowest BCUT2D eigenvalue weighted by Gasteiger charge is -2.26. The number of hydrogen-bond acceptors (Lipinski definition) is 6. The summed E-state index contributed by atoms with van der Waals surface area (Å²) in [6, 6.07) is 7.21. The molecule has 0 radical (unpaired) electrons. The average Bonchev–Trinajstić information content (AvgIpc) is 2.59. The van der Waals surface area contributed by atoms with E-state index in [2.05, 4.69) is 10.3 Å². The molecule has 2 aromatic rings. The molecule has 0 bridgehead atoms. The number of pyridine rings is 1. The molecule has 152 valence electrons. The fraction of sp³-hybridized carbons (Fsp3) is 0.381. The van der Waals surface area contributed by atoms with Crippen LogP contribution >= 0.6 is 7.60 Å². The molecule has 0 saturated heterocycles. The molecular formula is C21H29N2O4P. The lowest BCUT2D eigenvalue weighted by Crippen LogP contribution is -2.10. The van der Waals surface area contributed by atoms with Gasteiger partial charge in [0.2, 0.25) is 0 Å². The van der Waals surface area contributed by atoms with Gasteiger partial charge in [-0.3, -0.25) is 9.55 Å². The maximum absolute atomic E-state index is 13.8. The molecule has 6 nitrogen and oxygen atoms in total. The highest BCUT2D eigenvalue weighted by molar-refractivity contribution is 7.65. The number of nitrogens with zero attached hydrogens (tertiary/aromatic N) is 1. The highest BCUT2D eigenvalue weighted by Gasteiger charge is 2.34. The third-order valence-electron chi connectivity index (χ3n) is 3.82. The molecule has 0 atom stereocenters. The molecule has 0 amide bonds. The largest absolute Gasteiger partial charge is 0.507 e. The Balaban J connectivity index is 2.61. The summed E-state index contributed by atoms with van der Waals surface area (Å²) in [6.45, 7) is 10.9. The zero-order valence-electron chi connectivity index (χ0n) is 17.3. The number of anilines is 1. The molecule has 0 saturated carbocycles. The van der Waals surface area contributed by atoms with Crippen molar-refractivity contribution in [1.29, 1.82) is 0 Å². The van der Waals surface area contributed by atoms with E-state index in [0.29, 0.717) is 22.0 Å². The molecule has 2 rings (SSSR count). The Labute approximate surface area is 167 Å². The van der Waals surface area contributed by atoms with Crippen LogP contribution in [-0.4, -0.2) is 22.3 Å². The normalized spacial score (nSPS) is 12.6. The average molecular weight is 404 g/mol. The third-order valence-corrected chi connectivity index (χ3v) is 6.19. The summed E-state index contributed by atoms with van der Waals surface area (Å²) >= 11 is 0. The van der Waals surface area contributed by atoms with Crippen molar-refractivity contribution in [1.82, 2.24) is 4.98 Å². The van der Waals surface area contributed by atoms with Crippen LogP contribution in [0.5, 0.6) is 5.75 Å². The Hall–Kier alpha value is -2.14. The Morgan fingerprint density at radius 2 is 1.71 bits per heavy atom. The summed E-state index contributed by atoms with van der Waals surface area (Å²) in [5.74, 6) is 0.215.